The fourth-order valence-corrected chi connectivity index (χ4v) is 12.1. The zero-order valence-electron chi connectivity index (χ0n) is 50.7. The number of nitrogens with zero attached hydrogens (tertiary/aromatic N) is 2. The van der Waals surface area contributed by atoms with Crippen LogP contribution >= 0.6 is 0 Å². The number of carbonyl (C=O) groups is 4. The number of ether oxygens (including phenoxy) is 11. The molecule has 4 aliphatic heterocycles. The summed E-state index contributed by atoms with van der Waals surface area (Å²) >= 11 is 0. The van der Waals surface area contributed by atoms with Crippen LogP contribution in [0.1, 0.15) is 121 Å². The molecule has 4 saturated heterocycles. The molecule has 4 N–H and O–H groups in total. The largest absolute Gasteiger partial charge is 0.461 e. The second kappa shape index (κ2) is 31.3. The topological polar surface area (TPSA) is 267 Å². The van der Waals surface area contributed by atoms with Crippen LogP contribution in [-0.2, 0) is 77.9 Å². The molecular weight excluding hydrogens is 1050 g/mol. The summed E-state index contributed by atoms with van der Waals surface area (Å²) in [5.74, 6) is -7.60. The van der Waals surface area contributed by atoms with Gasteiger partial charge in [0, 0.05) is 76.9 Å². The highest BCUT2D eigenvalue weighted by atomic mass is 16.7. The summed E-state index contributed by atoms with van der Waals surface area (Å²) in [7, 11) is 4.27. The number of Topliss-reactive ketones (excluding diaryl/α,β-unsaturated/α-hetero) is 1. The van der Waals surface area contributed by atoms with Crippen LogP contribution in [0, 0.1) is 41.4 Å². The molecular formula is C59H97N3O19. The van der Waals surface area contributed by atoms with Gasteiger partial charge in [-0.15, -0.1) is 0 Å². The lowest BCUT2D eigenvalue weighted by Gasteiger charge is -2.45. The number of methoxy groups -OCH3 is 2. The lowest BCUT2D eigenvalue weighted by atomic mass is 9.74. The van der Waals surface area contributed by atoms with E-state index < -0.39 is 145 Å². The van der Waals surface area contributed by atoms with Crippen molar-refractivity contribution in [3.05, 3.63) is 35.9 Å². The molecule has 4 heterocycles. The summed E-state index contributed by atoms with van der Waals surface area (Å²) in [6, 6.07) is 9.07. The quantitative estimate of drug-likeness (QED) is 0.0749. The van der Waals surface area contributed by atoms with E-state index >= 15 is 9.59 Å². The van der Waals surface area contributed by atoms with Crippen LogP contribution in [0.4, 0.5) is 4.79 Å². The number of alkyl carbamates (subject to hydrolysis) is 1. The van der Waals surface area contributed by atoms with Gasteiger partial charge in [0.2, 0.25) is 0 Å². The number of nitrogens with one attached hydrogen (secondary N) is 1. The van der Waals surface area contributed by atoms with Crippen molar-refractivity contribution >= 4 is 29.5 Å². The van der Waals surface area contributed by atoms with Crippen molar-refractivity contribution in [3.8, 4) is 0 Å². The molecule has 0 saturated carbocycles. The first-order chi connectivity index (χ1) is 38.3. The Morgan fingerprint density at radius 2 is 1.51 bits per heavy atom. The molecule has 1 aromatic carbocycles. The van der Waals surface area contributed by atoms with Gasteiger partial charge < -0.3 is 77.6 Å². The summed E-state index contributed by atoms with van der Waals surface area (Å²) in [6.07, 6.45) is -14.1. The number of amides is 1. The first-order valence-corrected chi connectivity index (χ1v) is 29.0. The predicted molar refractivity (Wildman–Crippen MR) is 296 cm³/mol. The average Bonchev–Trinajstić information content (AvgIpc) is 3.56. The number of β-amino-alcohol motifs (C(OH)–C–C–N with tert-alkyl or cyclic N) is 1. The Bertz CT molecular complexity index is 2160. The molecule has 22 heteroatoms. The molecule has 4 aliphatic rings. The molecule has 0 spiro atoms. The Morgan fingerprint density at radius 3 is 2.14 bits per heavy atom. The van der Waals surface area contributed by atoms with Gasteiger partial charge in [-0.2, -0.15) is 0 Å². The zero-order valence-corrected chi connectivity index (χ0v) is 50.7. The smallest absolute Gasteiger partial charge is 0.408 e. The number of carbonyl (C=O) groups excluding carboxylic acids is 4. The van der Waals surface area contributed by atoms with Gasteiger partial charge in [0.15, 0.2) is 30.3 Å². The lowest BCUT2D eigenvalue weighted by Crippen LogP contribution is -2.59. The van der Waals surface area contributed by atoms with Crippen LogP contribution in [0.3, 0.4) is 0 Å². The van der Waals surface area contributed by atoms with Crippen molar-refractivity contribution in [3.63, 3.8) is 0 Å². The van der Waals surface area contributed by atoms with Gasteiger partial charge in [0.05, 0.1) is 61.3 Å². The second-order valence-corrected chi connectivity index (χ2v) is 23.8. The molecule has 0 aromatic heterocycles. The molecule has 5 rings (SSSR count). The summed E-state index contributed by atoms with van der Waals surface area (Å²) in [4.78, 5) is 66.8. The molecule has 1 aromatic rings. The van der Waals surface area contributed by atoms with Crippen molar-refractivity contribution in [2.45, 2.75) is 220 Å². The minimum absolute atomic E-state index is 0.00221. The van der Waals surface area contributed by atoms with E-state index in [9.17, 15) is 24.9 Å². The fraction of sp³-hybridized carbons (Fsp3) is 0.814. The molecule has 22 nitrogen and oxygen atoms in total. The highest BCUT2D eigenvalue weighted by Gasteiger charge is 2.53. The van der Waals surface area contributed by atoms with Crippen LogP contribution in [0.25, 0.3) is 0 Å². The maximum atomic E-state index is 15.9. The highest BCUT2D eigenvalue weighted by Crippen LogP contribution is 2.40. The van der Waals surface area contributed by atoms with Crippen molar-refractivity contribution < 1.29 is 91.4 Å². The van der Waals surface area contributed by atoms with Crippen LogP contribution in [0.2, 0.25) is 0 Å². The number of esters is 2. The Balaban J connectivity index is 1.71. The van der Waals surface area contributed by atoms with Crippen LogP contribution in [0.15, 0.2) is 35.5 Å². The SMILES string of the molecule is CON=C1C[C@@H](C)O[C@@H](O[C@@H]2[C@@H](C)[C@H](O[C@H]3C[C@@H](C)N(CCO)C[C@H](C)O3)[C@@H](C)C(=O)O[C@H]([C@@H](C)CO[C@@H]3O[C@H](C)[C@@H](O)[C@@H](OC)[C@H]3OC)[C@H](C)[C@@H](OC(=O)CC(C)C)[C@@H](C)C(=O)[C@@](C)(OC(=O)NCc3ccccc3)C[C@@H]2C)[C@@H]1O. The third kappa shape index (κ3) is 18.1. The number of aliphatic hydroxyl groups is 3. The Labute approximate surface area is 479 Å². The summed E-state index contributed by atoms with van der Waals surface area (Å²) in [5, 5.41) is 39.7. The second-order valence-electron chi connectivity index (χ2n) is 23.8. The van der Waals surface area contributed by atoms with E-state index in [0.717, 1.165) is 5.56 Å². The van der Waals surface area contributed by atoms with Gasteiger partial charge in [0.25, 0.3) is 0 Å². The van der Waals surface area contributed by atoms with Gasteiger partial charge in [-0.1, -0.05) is 84.0 Å². The first kappa shape index (κ1) is 67.9. The van der Waals surface area contributed by atoms with E-state index in [2.05, 4.69) is 15.4 Å². The normalized spacial score (nSPS) is 38.8. The van der Waals surface area contributed by atoms with Gasteiger partial charge in [-0.3, -0.25) is 19.3 Å². The summed E-state index contributed by atoms with van der Waals surface area (Å²) in [5.41, 5.74) is -0.920. The Morgan fingerprint density at radius 1 is 0.827 bits per heavy atom. The molecule has 0 radical (unpaired) electrons. The van der Waals surface area contributed by atoms with Gasteiger partial charge in [-0.25, -0.2) is 4.79 Å². The van der Waals surface area contributed by atoms with Crippen LogP contribution in [0.5, 0.6) is 0 Å². The summed E-state index contributed by atoms with van der Waals surface area (Å²) < 4.78 is 70.4. The average molecular weight is 1150 g/mol. The van der Waals surface area contributed by atoms with Crippen molar-refractivity contribution in [2.75, 3.05) is 47.6 Å². The lowest BCUT2D eigenvalue weighted by molar-refractivity contribution is -0.305. The van der Waals surface area contributed by atoms with E-state index in [0.29, 0.717) is 19.5 Å². The number of benzene rings is 1. The number of rotatable bonds is 19. The van der Waals surface area contributed by atoms with E-state index in [1.54, 1.807) is 41.5 Å². The highest BCUT2D eigenvalue weighted by molar-refractivity contribution is 5.91. The zero-order chi connectivity index (χ0) is 60.0. The van der Waals surface area contributed by atoms with E-state index in [1.807, 2.05) is 71.9 Å². The molecule has 0 aliphatic carbocycles. The molecule has 1 amide bonds. The predicted octanol–water partition coefficient (Wildman–Crippen LogP) is 5.57. The van der Waals surface area contributed by atoms with Gasteiger partial charge in [0.1, 0.15) is 43.7 Å². The van der Waals surface area contributed by atoms with Crippen LogP contribution < -0.4 is 5.32 Å². The molecule has 4 fully saturated rings. The third-order valence-corrected chi connectivity index (χ3v) is 16.4. The molecule has 462 valence electrons. The molecule has 22 atom stereocenters. The van der Waals surface area contributed by atoms with E-state index in [1.165, 1.54) is 28.3 Å². The Hall–Kier alpha value is -3.91. The number of ketones is 1. The van der Waals surface area contributed by atoms with Gasteiger partial charge >= 0.3 is 18.0 Å². The van der Waals surface area contributed by atoms with E-state index in [4.69, 9.17) is 56.9 Å². The van der Waals surface area contributed by atoms with E-state index in [-0.39, 0.29) is 62.8 Å². The maximum Gasteiger partial charge on any atom is 0.408 e. The molecule has 81 heavy (non-hydrogen) atoms. The molecule has 0 unspecified atom stereocenters. The monoisotopic (exact) mass is 1150 g/mol. The third-order valence-electron chi connectivity index (χ3n) is 16.4. The number of cyclic esters (lactones) is 1. The number of hydrogen-bond acceptors (Lipinski definition) is 21. The minimum Gasteiger partial charge on any atom is -0.461 e. The minimum atomic E-state index is -1.98. The number of hydrogen-bond donors (Lipinski definition) is 4. The van der Waals surface area contributed by atoms with Crippen molar-refractivity contribution in [1.29, 1.82) is 0 Å². The standard InChI is InChI=1S/C59H97N3O19/c1-31(2)24-44(64)77-50-38(9)49(33(4)30-73-57-53(71-15)52(70-14)46(65)41(12)76-57)79-55(68)40(11)51(78-45-25-34(5)62(22-23-63)29-36(7)74-45)37(8)48(80-56-47(66)43(61-72-16)26-35(6)75-56)32(3)27-59(13,54(67)39(50)10)81-58(69)60-28-42-20-18-17-19-21-42/h17-21,31-41,45-53,56-57,63,65-66H,22-30H2,1-16H3,(H,60,69)/t32-,33-,34+,35+,36-,37+,38-,39+,40+,41+,45-,46+,47+,48-,49+,50+,51-,52+,53+,56-,57+,59-/m0/s1. The summed E-state index contributed by atoms with van der Waals surface area (Å²) in [6.45, 7) is 23.9. The fourth-order valence-electron chi connectivity index (χ4n) is 12.1. The number of oxime groups is 1. The van der Waals surface area contributed by atoms with Crippen molar-refractivity contribution in [1.82, 2.24) is 10.2 Å². The Kier molecular flexibility index (Phi) is 26.2. The first-order valence-electron chi connectivity index (χ1n) is 29.0. The molecule has 0 bridgehead atoms. The van der Waals surface area contributed by atoms with Crippen molar-refractivity contribution in [2.24, 2.45) is 46.6 Å². The maximum absolute atomic E-state index is 15.9. The van der Waals surface area contributed by atoms with Crippen LogP contribution in [-0.4, -0.2) is 195 Å². The number of aliphatic hydroxyl groups excluding tert-OH is 3. The van der Waals surface area contributed by atoms with Gasteiger partial charge in [-0.05, 0) is 65.4 Å².